The van der Waals surface area contributed by atoms with Crippen LogP contribution in [0.1, 0.15) is 13.8 Å². The second-order valence-corrected chi connectivity index (χ2v) is 1.43. The van der Waals surface area contributed by atoms with E-state index in [4.69, 9.17) is 30.0 Å². The van der Waals surface area contributed by atoms with E-state index in [1.54, 1.807) is 0 Å². The first-order valence-corrected chi connectivity index (χ1v) is 2.95. The molecule has 0 unspecified atom stereocenters. The largest absolute Gasteiger partial charge is 2.00 e. The monoisotopic (exact) mass is 318 g/mol. The molecule has 0 aliphatic carbocycles. The van der Waals surface area contributed by atoms with Crippen LogP contribution in [0.5, 0.6) is 0 Å². The van der Waals surface area contributed by atoms with Gasteiger partial charge in [-0.1, -0.05) is 0 Å². The van der Waals surface area contributed by atoms with Crippen LogP contribution in [0.4, 0.5) is 0 Å². The average Bonchev–Trinajstić information content (AvgIpc) is 1.85. The van der Waals surface area contributed by atoms with Gasteiger partial charge in [-0.25, -0.2) is 0 Å². The topological polar surface area (TPSA) is 121 Å². The molecule has 0 spiro atoms. The van der Waals surface area contributed by atoms with Crippen molar-refractivity contribution in [2.45, 2.75) is 13.8 Å². The van der Waals surface area contributed by atoms with Crippen molar-refractivity contribution in [3.63, 3.8) is 0 Å². The molecule has 0 aliphatic heterocycles. The summed E-state index contributed by atoms with van der Waals surface area (Å²) in [7, 11) is 0. The average molecular weight is 317 g/mol. The maximum absolute atomic E-state index is 8.89. The van der Waals surface area contributed by atoms with Gasteiger partial charge in [-0.15, -0.1) is 0 Å². The molecule has 0 amide bonds. The van der Waals surface area contributed by atoms with Crippen LogP contribution < -0.4 is 10.2 Å². The van der Waals surface area contributed by atoms with Crippen molar-refractivity contribution in [1.29, 1.82) is 0 Å². The Hall–Kier alpha value is 0.431. The van der Waals surface area contributed by atoms with Crippen molar-refractivity contribution in [3.05, 3.63) is 0 Å². The molecule has 0 rings (SSSR count). The van der Waals surface area contributed by atoms with E-state index in [1.807, 2.05) is 0 Å². The molecule has 0 aromatic carbocycles. The molecule has 0 heterocycles. The minimum Gasteiger partial charge on any atom is -0.550 e. The Morgan fingerprint density at radius 3 is 1.08 bits per heavy atom. The molecule has 0 aliphatic rings. The van der Waals surface area contributed by atoms with E-state index in [-0.39, 0.29) is 62.1 Å². The van der Waals surface area contributed by atoms with Gasteiger partial charge in [0.2, 0.25) is 0 Å². The van der Waals surface area contributed by atoms with Crippen LogP contribution >= 0.6 is 0 Å². The summed E-state index contributed by atoms with van der Waals surface area (Å²) in [6.45, 7) is 1.69. The molecule has 0 bridgehead atoms. The third kappa shape index (κ3) is 660. The van der Waals surface area contributed by atoms with Crippen molar-refractivity contribution >= 4 is 60.8 Å². The molecule has 0 atom stereocenters. The fraction of sp³-hybridized carbons (Fsp3) is 0.667. The number of aliphatic carboxylic acids is 2. The van der Waals surface area contributed by atoms with Gasteiger partial charge < -0.3 is 30.0 Å². The van der Waals surface area contributed by atoms with Crippen molar-refractivity contribution in [2.24, 2.45) is 0 Å². The Bertz CT molecular complexity index is 93.7. The number of aliphatic hydroxyl groups excluding tert-OH is 2. The number of hydrogen-bond donors (Lipinski definition) is 2. The van der Waals surface area contributed by atoms with E-state index < -0.39 is 11.9 Å². The Kier molecular flexibility index (Phi) is 41.0. The minimum atomic E-state index is -1.08. The molecule has 0 radical (unpaired) electrons. The summed E-state index contributed by atoms with van der Waals surface area (Å²) in [6.07, 6.45) is 0. The predicted octanol–water partition coefficient (Wildman–Crippen LogP) is -3.90. The van der Waals surface area contributed by atoms with E-state index in [1.165, 1.54) is 0 Å². The molecule has 13 heavy (non-hydrogen) atoms. The van der Waals surface area contributed by atoms with Crippen LogP contribution in [0.2, 0.25) is 0 Å². The number of carboxylic acids is 2. The van der Waals surface area contributed by atoms with Crippen LogP contribution in [0.25, 0.3) is 0 Å². The van der Waals surface area contributed by atoms with Crippen LogP contribution in [0, 0.1) is 0 Å². The van der Waals surface area contributed by atoms with E-state index in [0.717, 1.165) is 13.8 Å². The maximum Gasteiger partial charge on any atom is 2.00 e. The van der Waals surface area contributed by atoms with Gasteiger partial charge >= 0.3 is 48.9 Å². The first-order valence-electron chi connectivity index (χ1n) is 2.95. The molecule has 0 saturated heterocycles. The van der Waals surface area contributed by atoms with Gasteiger partial charge in [0.15, 0.2) is 0 Å². The number of carbonyl (C=O) groups excluding carboxylic acids is 2. The summed E-state index contributed by atoms with van der Waals surface area (Å²) in [5.41, 5.74) is 0. The maximum atomic E-state index is 8.89. The summed E-state index contributed by atoms with van der Waals surface area (Å²) in [6, 6.07) is 0. The number of carboxylic acid groups (broad SMARTS) is 2. The van der Waals surface area contributed by atoms with Gasteiger partial charge in [0.25, 0.3) is 0 Å². The van der Waals surface area contributed by atoms with Crippen molar-refractivity contribution < 1.29 is 30.0 Å². The van der Waals surface area contributed by atoms with Crippen molar-refractivity contribution in [2.75, 3.05) is 13.2 Å². The third-order valence-corrected chi connectivity index (χ3v) is 0.1000. The number of rotatable bonds is 1. The van der Waals surface area contributed by atoms with Gasteiger partial charge in [0.1, 0.15) is 0 Å². The van der Waals surface area contributed by atoms with Crippen LogP contribution in [0.3, 0.4) is 0 Å². The Morgan fingerprint density at radius 2 is 1.08 bits per heavy atom. The standard InChI is InChI=1S/2C2H4O2.C2H6O2.Ba/c2*1-2(3)4;3-1-2-4;/h2*1H3,(H,3,4);3-4H,1-2H2;/q;;;+2/p-2. The normalized spacial score (nSPS) is 6.15. The summed E-state index contributed by atoms with van der Waals surface area (Å²) in [5, 5.41) is 33.0. The second kappa shape index (κ2) is 22.9. The number of carbonyl (C=O) groups is 2. The molecule has 0 aromatic heterocycles. The first-order chi connectivity index (χ1) is 5.38. The molecule has 74 valence electrons. The van der Waals surface area contributed by atoms with Gasteiger partial charge in [-0.2, -0.15) is 0 Å². The van der Waals surface area contributed by atoms with E-state index in [9.17, 15) is 0 Å². The predicted molar refractivity (Wildman–Crippen MR) is 41.3 cm³/mol. The fourth-order valence-corrected chi connectivity index (χ4v) is 0. The summed E-state index contributed by atoms with van der Waals surface area (Å²) in [4.78, 5) is 17.8. The smallest absolute Gasteiger partial charge is 0.550 e. The molecular weight excluding hydrogens is 305 g/mol. The zero-order valence-corrected chi connectivity index (χ0v) is 12.1. The zero-order valence-electron chi connectivity index (χ0n) is 7.65. The molecule has 0 aromatic rings. The fourth-order valence-electron chi connectivity index (χ4n) is 0. The zero-order chi connectivity index (χ0) is 10.6. The van der Waals surface area contributed by atoms with Crippen LogP contribution in [-0.4, -0.2) is 84.2 Å². The third-order valence-electron chi connectivity index (χ3n) is 0.1000. The minimum absolute atomic E-state index is 0. The SMILES string of the molecule is CC(=O)[O-].CC(=O)[O-].OCCO.[Ba+2]. The van der Waals surface area contributed by atoms with Gasteiger partial charge in [0.05, 0.1) is 13.2 Å². The van der Waals surface area contributed by atoms with Crippen molar-refractivity contribution in [3.8, 4) is 0 Å². The summed E-state index contributed by atoms with van der Waals surface area (Å²) < 4.78 is 0. The Balaban J connectivity index is -0.0000000450. The van der Waals surface area contributed by atoms with E-state index in [0.29, 0.717) is 0 Å². The van der Waals surface area contributed by atoms with E-state index >= 15 is 0 Å². The quantitative estimate of drug-likeness (QED) is 0.477. The molecule has 0 saturated carbocycles. The second-order valence-electron chi connectivity index (χ2n) is 1.43. The Labute approximate surface area is 117 Å². The molecular formula is C6H12BaO6. The molecule has 6 nitrogen and oxygen atoms in total. The molecule has 0 fully saturated rings. The first kappa shape index (κ1) is 23.3. The van der Waals surface area contributed by atoms with Gasteiger partial charge in [-0.3, -0.25) is 0 Å². The van der Waals surface area contributed by atoms with Gasteiger partial charge in [0, 0.05) is 11.9 Å². The summed E-state index contributed by atoms with van der Waals surface area (Å²) in [5.74, 6) is -2.17. The molecule has 2 N–H and O–H groups in total. The van der Waals surface area contributed by atoms with Crippen LogP contribution in [-0.2, 0) is 9.59 Å². The molecule has 7 heteroatoms. The van der Waals surface area contributed by atoms with Crippen molar-refractivity contribution in [1.82, 2.24) is 0 Å². The van der Waals surface area contributed by atoms with Gasteiger partial charge in [-0.05, 0) is 13.8 Å². The number of aliphatic hydroxyl groups is 2. The summed E-state index contributed by atoms with van der Waals surface area (Å²) >= 11 is 0. The Morgan fingerprint density at radius 1 is 1.00 bits per heavy atom. The number of hydrogen-bond acceptors (Lipinski definition) is 6. The van der Waals surface area contributed by atoms with E-state index in [2.05, 4.69) is 0 Å². The van der Waals surface area contributed by atoms with Crippen LogP contribution in [0.15, 0.2) is 0 Å².